The van der Waals surface area contributed by atoms with Crippen molar-refractivity contribution >= 4 is 38.9 Å². The molecule has 1 aliphatic rings. The molecule has 0 bridgehead atoms. The quantitative estimate of drug-likeness (QED) is 0.255. The summed E-state index contributed by atoms with van der Waals surface area (Å²) in [6.07, 6.45) is 8.84. The number of aromatic nitrogens is 1. The minimum absolute atomic E-state index is 1.06. The molecule has 2 heteroatoms. The summed E-state index contributed by atoms with van der Waals surface area (Å²) in [5.41, 5.74) is 11.0. The van der Waals surface area contributed by atoms with Gasteiger partial charge in [-0.1, -0.05) is 91.0 Å². The Kier molecular flexibility index (Phi) is 5.64. The number of para-hydroxylation sites is 1. The highest BCUT2D eigenvalue weighted by Gasteiger charge is 2.14. The standard InChI is InChI=1S/C36H28N2/c1-3-9-26(10-4-1)27-15-20-30(21-16-27)37-31-22-17-28(18-23-31)29-19-24-36-34(25-29)33-13-7-8-14-35(33)38(36)32-11-5-2-6-12-32/h1-5,7-11,13-25,37H,6,12H2. The fourth-order valence-corrected chi connectivity index (χ4v) is 5.53. The van der Waals surface area contributed by atoms with Crippen LogP contribution in [0.15, 0.2) is 140 Å². The molecule has 0 amide bonds. The number of hydrogen-bond donors (Lipinski definition) is 1. The summed E-state index contributed by atoms with van der Waals surface area (Å²) >= 11 is 0. The molecule has 1 N–H and O–H groups in total. The van der Waals surface area contributed by atoms with Gasteiger partial charge in [0.05, 0.1) is 11.0 Å². The lowest BCUT2D eigenvalue weighted by molar-refractivity contribution is 0.979. The maximum atomic E-state index is 3.54. The first-order valence-corrected chi connectivity index (χ1v) is 13.3. The lowest BCUT2D eigenvalue weighted by atomic mass is 10.0. The maximum absolute atomic E-state index is 3.54. The Labute approximate surface area is 223 Å². The highest BCUT2D eigenvalue weighted by Crippen LogP contribution is 2.36. The molecule has 1 heterocycles. The molecule has 0 spiro atoms. The normalized spacial score (nSPS) is 13.1. The zero-order valence-electron chi connectivity index (χ0n) is 21.1. The molecule has 182 valence electrons. The Balaban J connectivity index is 1.18. The van der Waals surface area contributed by atoms with Crippen LogP contribution in [0.25, 0.3) is 49.8 Å². The lowest BCUT2D eigenvalue weighted by Gasteiger charge is -2.14. The van der Waals surface area contributed by atoms with Gasteiger partial charge in [-0.15, -0.1) is 0 Å². The molecule has 0 unspecified atom stereocenters. The Hall–Kier alpha value is -4.82. The van der Waals surface area contributed by atoms with E-state index < -0.39 is 0 Å². The molecule has 5 aromatic carbocycles. The molecule has 7 rings (SSSR count). The maximum Gasteiger partial charge on any atom is 0.0538 e. The summed E-state index contributed by atoms with van der Waals surface area (Å²) < 4.78 is 2.44. The summed E-state index contributed by atoms with van der Waals surface area (Å²) in [5, 5.41) is 6.14. The molecule has 38 heavy (non-hydrogen) atoms. The average Bonchev–Trinajstić information content (AvgIpc) is 3.33. The van der Waals surface area contributed by atoms with E-state index >= 15 is 0 Å². The van der Waals surface area contributed by atoms with Gasteiger partial charge < -0.3 is 9.88 Å². The van der Waals surface area contributed by atoms with Crippen molar-refractivity contribution in [3.63, 3.8) is 0 Å². The van der Waals surface area contributed by atoms with Crippen LogP contribution in [0.4, 0.5) is 11.4 Å². The SMILES string of the molecule is C1=CCCC(n2c3ccccc3c3cc(-c4ccc(Nc5ccc(-c6ccccc6)cc5)cc4)ccc32)=C1. The van der Waals surface area contributed by atoms with Crippen LogP contribution in [0.1, 0.15) is 12.8 Å². The van der Waals surface area contributed by atoms with E-state index in [4.69, 9.17) is 0 Å². The van der Waals surface area contributed by atoms with Crippen molar-refractivity contribution in [3.05, 3.63) is 140 Å². The predicted molar refractivity (Wildman–Crippen MR) is 163 cm³/mol. The minimum atomic E-state index is 1.06. The number of hydrogen-bond acceptors (Lipinski definition) is 1. The van der Waals surface area contributed by atoms with Crippen molar-refractivity contribution in [1.29, 1.82) is 0 Å². The van der Waals surface area contributed by atoms with E-state index in [0.29, 0.717) is 0 Å². The summed E-state index contributed by atoms with van der Waals surface area (Å²) in [7, 11) is 0. The molecule has 0 aliphatic heterocycles. The van der Waals surface area contributed by atoms with Gasteiger partial charge in [-0.25, -0.2) is 0 Å². The van der Waals surface area contributed by atoms with Crippen molar-refractivity contribution < 1.29 is 0 Å². The van der Waals surface area contributed by atoms with Gasteiger partial charge in [0.15, 0.2) is 0 Å². The van der Waals surface area contributed by atoms with Gasteiger partial charge in [0.1, 0.15) is 0 Å². The number of allylic oxidation sites excluding steroid dienone is 4. The van der Waals surface area contributed by atoms with Crippen LogP contribution in [0.3, 0.4) is 0 Å². The van der Waals surface area contributed by atoms with Gasteiger partial charge >= 0.3 is 0 Å². The van der Waals surface area contributed by atoms with Gasteiger partial charge in [-0.05, 0) is 83.6 Å². The Morgan fingerprint density at radius 2 is 1.13 bits per heavy atom. The fourth-order valence-electron chi connectivity index (χ4n) is 5.53. The lowest BCUT2D eigenvalue weighted by Crippen LogP contribution is -1.98. The van der Waals surface area contributed by atoms with Gasteiger partial charge in [0.25, 0.3) is 0 Å². The first kappa shape index (κ1) is 22.4. The van der Waals surface area contributed by atoms with E-state index in [0.717, 1.165) is 24.2 Å². The molecular formula is C36H28N2. The molecule has 6 aromatic rings. The molecule has 2 nitrogen and oxygen atoms in total. The summed E-state index contributed by atoms with van der Waals surface area (Å²) in [6.45, 7) is 0. The summed E-state index contributed by atoms with van der Waals surface area (Å²) in [5.74, 6) is 0. The van der Waals surface area contributed by atoms with Crippen LogP contribution in [-0.4, -0.2) is 4.57 Å². The second kappa shape index (κ2) is 9.57. The van der Waals surface area contributed by atoms with Crippen LogP contribution in [-0.2, 0) is 0 Å². The molecule has 1 aromatic heterocycles. The third-order valence-electron chi connectivity index (χ3n) is 7.45. The monoisotopic (exact) mass is 488 g/mol. The molecular weight excluding hydrogens is 460 g/mol. The van der Waals surface area contributed by atoms with E-state index in [2.05, 4.69) is 143 Å². The first-order valence-electron chi connectivity index (χ1n) is 13.3. The van der Waals surface area contributed by atoms with Crippen molar-refractivity contribution in [3.8, 4) is 22.3 Å². The molecule has 0 radical (unpaired) electrons. The van der Waals surface area contributed by atoms with Crippen molar-refractivity contribution in [1.82, 2.24) is 4.57 Å². The van der Waals surface area contributed by atoms with Crippen LogP contribution < -0.4 is 5.32 Å². The number of rotatable bonds is 5. The predicted octanol–water partition coefficient (Wildman–Crippen LogP) is 10.1. The summed E-state index contributed by atoms with van der Waals surface area (Å²) in [4.78, 5) is 0. The zero-order chi connectivity index (χ0) is 25.3. The molecule has 0 saturated carbocycles. The third-order valence-corrected chi connectivity index (χ3v) is 7.45. The van der Waals surface area contributed by atoms with E-state index in [1.165, 1.54) is 49.8 Å². The van der Waals surface area contributed by atoms with Crippen LogP contribution in [0.2, 0.25) is 0 Å². The number of anilines is 2. The minimum Gasteiger partial charge on any atom is -0.356 e. The van der Waals surface area contributed by atoms with Crippen molar-refractivity contribution in [2.75, 3.05) is 5.32 Å². The smallest absolute Gasteiger partial charge is 0.0538 e. The van der Waals surface area contributed by atoms with E-state index in [-0.39, 0.29) is 0 Å². The van der Waals surface area contributed by atoms with Gasteiger partial charge in [-0.3, -0.25) is 0 Å². The van der Waals surface area contributed by atoms with E-state index in [1.54, 1.807) is 0 Å². The molecule has 0 atom stereocenters. The zero-order valence-corrected chi connectivity index (χ0v) is 21.1. The highest BCUT2D eigenvalue weighted by molar-refractivity contribution is 6.11. The van der Waals surface area contributed by atoms with Crippen LogP contribution in [0, 0.1) is 0 Å². The second-order valence-electron chi connectivity index (χ2n) is 9.86. The summed E-state index contributed by atoms with van der Waals surface area (Å²) in [6, 6.07) is 43.4. The van der Waals surface area contributed by atoms with E-state index in [1.807, 2.05) is 6.07 Å². The molecule has 0 fully saturated rings. The van der Waals surface area contributed by atoms with Gasteiger partial charge in [0, 0.05) is 27.8 Å². The Morgan fingerprint density at radius 3 is 1.84 bits per heavy atom. The molecule has 1 aliphatic carbocycles. The van der Waals surface area contributed by atoms with Crippen molar-refractivity contribution in [2.24, 2.45) is 0 Å². The largest absolute Gasteiger partial charge is 0.356 e. The second-order valence-corrected chi connectivity index (χ2v) is 9.86. The number of fused-ring (bicyclic) bond motifs is 3. The Bertz CT molecular complexity index is 1800. The fraction of sp³-hybridized carbons (Fsp3) is 0.0556. The number of nitrogens with one attached hydrogen (secondary N) is 1. The van der Waals surface area contributed by atoms with Gasteiger partial charge in [0.2, 0.25) is 0 Å². The first-order chi connectivity index (χ1) is 18.8. The van der Waals surface area contributed by atoms with E-state index in [9.17, 15) is 0 Å². The average molecular weight is 489 g/mol. The topological polar surface area (TPSA) is 17.0 Å². The number of benzene rings is 5. The van der Waals surface area contributed by atoms with Crippen LogP contribution in [0.5, 0.6) is 0 Å². The Morgan fingerprint density at radius 1 is 0.526 bits per heavy atom. The van der Waals surface area contributed by atoms with Gasteiger partial charge in [-0.2, -0.15) is 0 Å². The van der Waals surface area contributed by atoms with Crippen LogP contribution >= 0.6 is 0 Å². The number of nitrogens with zero attached hydrogens (tertiary/aromatic N) is 1. The highest BCUT2D eigenvalue weighted by atomic mass is 15.0. The molecule has 0 saturated heterocycles. The van der Waals surface area contributed by atoms with Crippen molar-refractivity contribution in [2.45, 2.75) is 12.8 Å². The third kappa shape index (κ3) is 4.10.